The van der Waals surface area contributed by atoms with Crippen LogP contribution in [-0.4, -0.2) is 54.5 Å². The number of aliphatic carboxylic acids is 1. The minimum Gasteiger partial charge on any atom is -0.480 e. The van der Waals surface area contributed by atoms with Crippen molar-refractivity contribution in [3.8, 4) is 11.1 Å². The van der Waals surface area contributed by atoms with Crippen LogP contribution in [0, 0.1) is 5.92 Å². The molecule has 8 nitrogen and oxygen atoms in total. The van der Waals surface area contributed by atoms with Crippen molar-refractivity contribution in [2.75, 3.05) is 13.7 Å². The van der Waals surface area contributed by atoms with E-state index in [9.17, 15) is 19.5 Å². The molecule has 3 N–H and O–H groups in total. The van der Waals surface area contributed by atoms with Gasteiger partial charge in [0.15, 0.2) is 0 Å². The van der Waals surface area contributed by atoms with E-state index >= 15 is 0 Å². The number of alkyl carbamates (subject to hydrolysis) is 1. The molecule has 2 aromatic carbocycles. The summed E-state index contributed by atoms with van der Waals surface area (Å²) in [5.74, 6) is -1.81. The lowest BCUT2D eigenvalue weighted by Gasteiger charge is -2.28. The van der Waals surface area contributed by atoms with Crippen LogP contribution in [0.3, 0.4) is 0 Å². The molecule has 8 heteroatoms. The van der Waals surface area contributed by atoms with E-state index < -0.39 is 35.7 Å². The lowest BCUT2D eigenvalue weighted by Crippen LogP contribution is -2.54. The molecule has 0 heterocycles. The molecule has 0 spiro atoms. The molecule has 1 fully saturated rings. The first kappa shape index (κ1) is 24.7. The maximum Gasteiger partial charge on any atom is 0.407 e. The first-order valence-electron chi connectivity index (χ1n) is 11.9. The standard InChI is InChI=1S/C27H32N2O6/c1-27(2,34-3)14-22(25(31)32)28-24(30)23(16-12-13-16)29-26(33)35-15-21-19-10-6-4-8-17(19)18-9-5-7-11-20(18)21/h4-11,16,21-23H,12-15H2,1-3H3,(H,28,30)(H,29,33)(H,31,32). The number of benzene rings is 2. The van der Waals surface area contributed by atoms with Gasteiger partial charge in [-0.25, -0.2) is 9.59 Å². The zero-order chi connectivity index (χ0) is 25.2. The van der Waals surface area contributed by atoms with Crippen molar-refractivity contribution in [2.24, 2.45) is 5.92 Å². The van der Waals surface area contributed by atoms with Crippen LogP contribution in [0.25, 0.3) is 11.1 Å². The second-order valence-electron chi connectivity index (χ2n) is 9.85. The number of hydrogen-bond donors (Lipinski definition) is 3. The molecule has 0 radical (unpaired) electrons. The average molecular weight is 481 g/mol. The van der Waals surface area contributed by atoms with Gasteiger partial charge in [-0.3, -0.25) is 4.79 Å². The van der Waals surface area contributed by atoms with Crippen molar-refractivity contribution in [1.29, 1.82) is 0 Å². The lowest BCUT2D eigenvalue weighted by atomic mass is 9.98. The molecule has 2 aliphatic rings. The van der Waals surface area contributed by atoms with Gasteiger partial charge in [0.2, 0.25) is 5.91 Å². The summed E-state index contributed by atoms with van der Waals surface area (Å²) in [5, 5.41) is 14.8. The topological polar surface area (TPSA) is 114 Å². The molecular weight excluding hydrogens is 448 g/mol. The number of nitrogens with one attached hydrogen (secondary N) is 2. The van der Waals surface area contributed by atoms with Crippen molar-refractivity contribution < 1.29 is 29.0 Å². The monoisotopic (exact) mass is 480 g/mol. The second-order valence-corrected chi connectivity index (χ2v) is 9.85. The first-order chi connectivity index (χ1) is 16.7. The summed E-state index contributed by atoms with van der Waals surface area (Å²) in [5.41, 5.74) is 3.73. The number of carbonyl (C=O) groups is 3. The molecule has 0 bridgehead atoms. The fourth-order valence-corrected chi connectivity index (χ4v) is 4.63. The number of fused-ring (bicyclic) bond motifs is 3. The van der Waals surface area contributed by atoms with Crippen LogP contribution in [0.1, 0.15) is 50.2 Å². The normalized spacial score (nSPS) is 16.5. The van der Waals surface area contributed by atoms with E-state index in [1.807, 2.05) is 36.4 Å². The summed E-state index contributed by atoms with van der Waals surface area (Å²) < 4.78 is 10.9. The third-order valence-corrected chi connectivity index (χ3v) is 6.86. The highest BCUT2D eigenvalue weighted by Gasteiger charge is 2.40. The fraction of sp³-hybridized carbons (Fsp3) is 0.444. The maximum absolute atomic E-state index is 13.0. The number of methoxy groups -OCH3 is 1. The van der Waals surface area contributed by atoms with Gasteiger partial charge in [0.25, 0.3) is 0 Å². The zero-order valence-electron chi connectivity index (χ0n) is 20.2. The van der Waals surface area contributed by atoms with Crippen LogP contribution in [0.5, 0.6) is 0 Å². The molecule has 2 aliphatic carbocycles. The van der Waals surface area contributed by atoms with Gasteiger partial charge in [0.1, 0.15) is 18.7 Å². The highest BCUT2D eigenvalue weighted by Crippen LogP contribution is 2.44. The van der Waals surface area contributed by atoms with Crippen LogP contribution in [0.15, 0.2) is 48.5 Å². The third kappa shape index (κ3) is 5.65. The number of carboxylic acids is 1. The van der Waals surface area contributed by atoms with Crippen LogP contribution < -0.4 is 10.6 Å². The van der Waals surface area contributed by atoms with Crippen molar-refractivity contribution in [2.45, 2.75) is 56.7 Å². The van der Waals surface area contributed by atoms with E-state index in [-0.39, 0.29) is 24.9 Å². The molecule has 186 valence electrons. The highest BCUT2D eigenvalue weighted by molar-refractivity contribution is 5.90. The van der Waals surface area contributed by atoms with Gasteiger partial charge in [-0.2, -0.15) is 0 Å². The minimum absolute atomic E-state index is 0.0413. The van der Waals surface area contributed by atoms with E-state index in [1.54, 1.807) is 13.8 Å². The zero-order valence-corrected chi connectivity index (χ0v) is 20.2. The minimum atomic E-state index is -1.15. The number of carbonyl (C=O) groups excluding carboxylic acids is 2. The molecule has 2 unspecified atom stereocenters. The van der Waals surface area contributed by atoms with Gasteiger partial charge < -0.3 is 25.2 Å². The van der Waals surface area contributed by atoms with E-state index in [4.69, 9.17) is 9.47 Å². The molecule has 1 saturated carbocycles. The molecule has 2 atom stereocenters. The quantitative estimate of drug-likeness (QED) is 0.478. The predicted molar refractivity (Wildman–Crippen MR) is 130 cm³/mol. The van der Waals surface area contributed by atoms with Gasteiger partial charge in [-0.05, 0) is 54.9 Å². The Bertz CT molecular complexity index is 1060. The smallest absolute Gasteiger partial charge is 0.407 e. The van der Waals surface area contributed by atoms with Crippen molar-refractivity contribution in [3.05, 3.63) is 59.7 Å². The van der Waals surface area contributed by atoms with Crippen LogP contribution in [0.4, 0.5) is 4.79 Å². The summed E-state index contributed by atoms with van der Waals surface area (Å²) in [6.07, 6.45) is 0.960. The molecule has 0 aliphatic heterocycles. The Kier molecular flexibility index (Phi) is 7.12. The Morgan fingerprint density at radius 1 is 1.00 bits per heavy atom. The lowest BCUT2D eigenvalue weighted by molar-refractivity contribution is -0.144. The van der Waals surface area contributed by atoms with Gasteiger partial charge in [-0.1, -0.05) is 48.5 Å². The first-order valence-corrected chi connectivity index (χ1v) is 11.9. The maximum atomic E-state index is 13.0. The molecule has 2 amide bonds. The second kappa shape index (κ2) is 10.1. The Labute approximate surface area is 205 Å². The van der Waals surface area contributed by atoms with Gasteiger partial charge in [-0.15, -0.1) is 0 Å². The molecule has 2 aromatic rings. The third-order valence-electron chi connectivity index (χ3n) is 6.86. The number of hydrogen-bond acceptors (Lipinski definition) is 5. The summed E-state index contributed by atoms with van der Waals surface area (Å²) in [7, 11) is 1.49. The van der Waals surface area contributed by atoms with Crippen LogP contribution >= 0.6 is 0 Å². The highest BCUT2D eigenvalue weighted by atomic mass is 16.5. The molecule has 0 saturated heterocycles. The Morgan fingerprint density at radius 2 is 1.57 bits per heavy atom. The summed E-state index contributed by atoms with van der Waals surface area (Å²) in [6, 6.07) is 14.1. The number of amides is 2. The van der Waals surface area contributed by atoms with E-state index in [1.165, 1.54) is 7.11 Å². The number of carboxylic acid groups (broad SMARTS) is 1. The van der Waals surface area contributed by atoms with Gasteiger partial charge in [0.05, 0.1) is 5.60 Å². The van der Waals surface area contributed by atoms with Crippen molar-refractivity contribution in [1.82, 2.24) is 10.6 Å². The molecular formula is C27H32N2O6. The number of ether oxygens (including phenoxy) is 2. The summed E-state index contributed by atoms with van der Waals surface area (Å²) >= 11 is 0. The van der Waals surface area contributed by atoms with Crippen LogP contribution in [-0.2, 0) is 19.1 Å². The van der Waals surface area contributed by atoms with Crippen LogP contribution in [0.2, 0.25) is 0 Å². The summed E-state index contributed by atoms with van der Waals surface area (Å²) in [4.78, 5) is 37.4. The fourth-order valence-electron chi connectivity index (χ4n) is 4.63. The molecule has 35 heavy (non-hydrogen) atoms. The Hall–Kier alpha value is -3.39. The average Bonchev–Trinajstić information content (AvgIpc) is 3.63. The van der Waals surface area contributed by atoms with Crippen molar-refractivity contribution in [3.63, 3.8) is 0 Å². The Balaban J connectivity index is 1.39. The summed E-state index contributed by atoms with van der Waals surface area (Å²) in [6.45, 7) is 3.64. The SMILES string of the molecule is COC(C)(C)CC(NC(=O)C(NC(=O)OCC1c2ccccc2-c2ccccc21)C1CC1)C(=O)O. The van der Waals surface area contributed by atoms with E-state index in [0.717, 1.165) is 35.1 Å². The largest absolute Gasteiger partial charge is 0.480 e. The van der Waals surface area contributed by atoms with Crippen molar-refractivity contribution >= 4 is 18.0 Å². The Morgan fingerprint density at radius 3 is 2.09 bits per heavy atom. The van der Waals surface area contributed by atoms with E-state index in [0.29, 0.717) is 0 Å². The molecule has 0 aromatic heterocycles. The predicted octanol–water partition coefficient (Wildman–Crippen LogP) is 3.69. The van der Waals surface area contributed by atoms with Gasteiger partial charge >= 0.3 is 12.1 Å². The number of rotatable bonds is 10. The molecule has 4 rings (SSSR count). The van der Waals surface area contributed by atoms with Gasteiger partial charge in [0, 0.05) is 19.4 Å². The van der Waals surface area contributed by atoms with E-state index in [2.05, 4.69) is 22.8 Å².